The third-order valence-corrected chi connectivity index (χ3v) is 8.57. The van der Waals surface area contributed by atoms with Crippen LogP contribution in [0.15, 0.2) is 83.3 Å². The van der Waals surface area contributed by atoms with Crippen LogP contribution in [0.4, 0.5) is 0 Å². The first-order chi connectivity index (χ1) is 21.2. The molecule has 0 bridgehead atoms. The Labute approximate surface area is 248 Å². The van der Waals surface area contributed by atoms with Crippen LogP contribution in [0.1, 0.15) is 18.4 Å². The van der Waals surface area contributed by atoms with E-state index >= 15 is 0 Å². The van der Waals surface area contributed by atoms with Gasteiger partial charge in [-0.15, -0.1) is 0 Å². The van der Waals surface area contributed by atoms with Gasteiger partial charge in [0.1, 0.15) is 16.9 Å². The molecule has 0 aliphatic heterocycles. The van der Waals surface area contributed by atoms with Gasteiger partial charge in [0.25, 0.3) is 0 Å². The molecule has 0 saturated carbocycles. The topological polar surface area (TPSA) is 155 Å². The Morgan fingerprint density at radius 2 is 1.18 bits per heavy atom. The lowest BCUT2D eigenvalue weighted by molar-refractivity contribution is 0.351. The molecule has 7 N–H and O–H groups in total. The highest BCUT2D eigenvalue weighted by atomic mass is 16.3. The van der Waals surface area contributed by atoms with E-state index < -0.39 is 40.2 Å². The van der Waals surface area contributed by atoms with Gasteiger partial charge in [-0.3, -0.25) is 0 Å². The first-order valence-corrected chi connectivity index (χ1v) is 14.0. The molecule has 216 valence electrons. The largest absolute Gasteiger partial charge is 0.507 e. The molecule has 8 rings (SSSR count). The molecule has 8 nitrogen and oxygen atoms in total. The van der Waals surface area contributed by atoms with Gasteiger partial charge < -0.3 is 40.2 Å². The lowest BCUT2D eigenvalue weighted by Gasteiger charge is -2.23. The van der Waals surface area contributed by atoms with Crippen LogP contribution in [0.2, 0.25) is 0 Å². The number of aromatic hydroxyl groups is 7. The second-order valence-electron chi connectivity index (χ2n) is 11.1. The van der Waals surface area contributed by atoms with Gasteiger partial charge in [0.15, 0.2) is 23.0 Å². The van der Waals surface area contributed by atoms with Crippen molar-refractivity contribution in [2.75, 3.05) is 0 Å². The molecular weight excluding hydrogens is 560 g/mol. The van der Waals surface area contributed by atoms with Gasteiger partial charge >= 0.3 is 0 Å². The minimum atomic E-state index is -0.950. The summed E-state index contributed by atoms with van der Waals surface area (Å²) in [7, 11) is 0. The van der Waals surface area contributed by atoms with Gasteiger partial charge in [-0.1, -0.05) is 48.6 Å². The first kappa shape index (κ1) is 25.7. The van der Waals surface area contributed by atoms with Crippen molar-refractivity contribution in [1.82, 2.24) is 0 Å². The van der Waals surface area contributed by atoms with E-state index in [1.165, 1.54) is 0 Å². The minimum absolute atomic E-state index is 0.00858. The molecule has 0 radical (unpaired) electrons. The number of furan rings is 1. The highest BCUT2D eigenvalue weighted by Gasteiger charge is 2.31. The molecule has 0 amide bonds. The summed E-state index contributed by atoms with van der Waals surface area (Å²) in [6.45, 7) is 0. The Morgan fingerprint density at radius 1 is 0.523 bits per heavy atom. The Morgan fingerprint density at radius 3 is 1.89 bits per heavy atom. The van der Waals surface area contributed by atoms with Crippen LogP contribution < -0.4 is 0 Å². The van der Waals surface area contributed by atoms with Crippen molar-refractivity contribution < 1.29 is 40.2 Å². The van der Waals surface area contributed by atoms with Crippen molar-refractivity contribution in [2.24, 2.45) is 0 Å². The number of benzene rings is 6. The van der Waals surface area contributed by atoms with E-state index in [1.807, 2.05) is 48.6 Å². The summed E-state index contributed by atoms with van der Waals surface area (Å²) in [5.41, 5.74) is 2.49. The molecule has 1 heterocycles. The first-order valence-electron chi connectivity index (χ1n) is 14.0. The number of hydrogen-bond donors (Lipinski definition) is 7. The van der Waals surface area contributed by atoms with E-state index in [-0.39, 0.29) is 32.7 Å². The monoisotopic (exact) mass is 584 g/mol. The number of fused-ring (bicyclic) bond motifs is 6. The fourth-order valence-electron chi connectivity index (χ4n) is 6.57. The van der Waals surface area contributed by atoms with E-state index in [2.05, 4.69) is 0 Å². The number of rotatable bonds is 2. The number of allylic oxidation sites excluding steroid dienone is 4. The van der Waals surface area contributed by atoms with Crippen molar-refractivity contribution in [3.05, 3.63) is 84.5 Å². The molecule has 1 aliphatic rings. The van der Waals surface area contributed by atoms with E-state index in [4.69, 9.17) is 4.42 Å². The fraction of sp³-hybridized carbons (Fsp3) is 0.0556. The minimum Gasteiger partial charge on any atom is -0.507 e. The van der Waals surface area contributed by atoms with Crippen LogP contribution in [0.3, 0.4) is 0 Å². The molecule has 1 aliphatic carbocycles. The average molecular weight is 585 g/mol. The zero-order valence-electron chi connectivity index (χ0n) is 23.0. The predicted molar refractivity (Wildman–Crippen MR) is 170 cm³/mol. The van der Waals surface area contributed by atoms with Gasteiger partial charge in [-0.05, 0) is 59.0 Å². The predicted octanol–water partition coefficient (Wildman–Crippen LogP) is 8.39. The van der Waals surface area contributed by atoms with Gasteiger partial charge in [0, 0.05) is 49.5 Å². The smallest absolute Gasteiger partial charge is 0.204 e. The van der Waals surface area contributed by atoms with E-state index in [0.29, 0.717) is 28.7 Å². The van der Waals surface area contributed by atoms with Crippen molar-refractivity contribution >= 4 is 59.8 Å². The molecule has 7 aromatic rings. The molecule has 0 fully saturated rings. The Hall–Kier alpha value is -6.02. The second-order valence-corrected chi connectivity index (χ2v) is 11.1. The van der Waals surface area contributed by atoms with Crippen molar-refractivity contribution in [3.8, 4) is 51.4 Å². The summed E-state index contributed by atoms with van der Waals surface area (Å²) in [5, 5.41) is 80.9. The maximum absolute atomic E-state index is 11.4. The standard InChI is InChI=1S/C36H24O8/c37-22-15-23(38)32(39)29-26(16-6-2-1-3-7-16)30-31(34(41)36(43)35(42)33(30)40)27(28(22)29)19-10-11-24-20(13-19)21-12-17-8-4-5-9-18(17)14-25(21)44-24/h2,4-15,37-43H,1,3H2. The Kier molecular flexibility index (Phi) is 5.24. The highest BCUT2D eigenvalue weighted by Crippen LogP contribution is 2.59. The van der Waals surface area contributed by atoms with Crippen molar-refractivity contribution in [2.45, 2.75) is 12.8 Å². The van der Waals surface area contributed by atoms with Crippen LogP contribution in [0.5, 0.6) is 40.2 Å². The summed E-state index contributed by atoms with van der Waals surface area (Å²) in [6.07, 6.45) is 6.86. The van der Waals surface area contributed by atoms with E-state index in [9.17, 15) is 35.7 Å². The Bertz CT molecular complexity index is 2460. The quantitative estimate of drug-likeness (QED) is 0.0607. The molecule has 44 heavy (non-hydrogen) atoms. The third kappa shape index (κ3) is 3.39. The number of phenols is 7. The zero-order valence-corrected chi connectivity index (χ0v) is 23.0. The number of phenolic OH excluding ortho intramolecular Hbond substituents is 7. The third-order valence-electron chi connectivity index (χ3n) is 8.57. The van der Waals surface area contributed by atoms with Crippen LogP contribution in [-0.2, 0) is 0 Å². The summed E-state index contributed by atoms with van der Waals surface area (Å²) in [6, 6.07) is 18.1. The summed E-state index contributed by atoms with van der Waals surface area (Å²) in [5.74, 6) is -4.95. The average Bonchev–Trinajstić information content (AvgIpc) is 3.39. The van der Waals surface area contributed by atoms with Crippen LogP contribution >= 0.6 is 0 Å². The van der Waals surface area contributed by atoms with Crippen LogP contribution in [0, 0.1) is 0 Å². The van der Waals surface area contributed by atoms with Crippen molar-refractivity contribution in [1.29, 1.82) is 0 Å². The second kappa shape index (κ2) is 8.99. The summed E-state index contributed by atoms with van der Waals surface area (Å²) in [4.78, 5) is 0. The van der Waals surface area contributed by atoms with Gasteiger partial charge in [-0.25, -0.2) is 0 Å². The lowest BCUT2D eigenvalue weighted by atomic mass is 9.82. The van der Waals surface area contributed by atoms with Crippen LogP contribution in [0.25, 0.3) is 71.0 Å². The zero-order chi connectivity index (χ0) is 30.4. The van der Waals surface area contributed by atoms with E-state index in [0.717, 1.165) is 34.0 Å². The molecule has 0 spiro atoms. The number of hydrogen-bond acceptors (Lipinski definition) is 8. The normalized spacial score (nSPS) is 13.5. The van der Waals surface area contributed by atoms with Gasteiger partial charge in [0.05, 0.1) is 0 Å². The fourth-order valence-corrected chi connectivity index (χ4v) is 6.57. The van der Waals surface area contributed by atoms with E-state index in [1.54, 1.807) is 24.3 Å². The highest BCUT2D eigenvalue weighted by molar-refractivity contribution is 6.27. The summed E-state index contributed by atoms with van der Waals surface area (Å²) >= 11 is 0. The van der Waals surface area contributed by atoms with Crippen LogP contribution in [-0.4, -0.2) is 35.7 Å². The molecule has 1 aromatic heterocycles. The Balaban J connectivity index is 1.60. The maximum atomic E-state index is 11.4. The molecule has 0 saturated heterocycles. The molecule has 6 aromatic carbocycles. The molecular formula is C36H24O8. The lowest BCUT2D eigenvalue weighted by Crippen LogP contribution is -1.97. The maximum Gasteiger partial charge on any atom is 0.204 e. The van der Waals surface area contributed by atoms with Gasteiger partial charge in [0.2, 0.25) is 11.5 Å². The SMILES string of the molecule is Oc1cc(O)c2c(-c3ccc4oc5cc6ccccc6cc5c4c3)c3c(O)c(O)c(O)c(O)c3c(C3=CCCC=C3)c2c1O. The van der Waals surface area contributed by atoms with Crippen molar-refractivity contribution in [3.63, 3.8) is 0 Å². The molecule has 8 heteroatoms. The molecule has 0 unspecified atom stereocenters. The molecule has 0 atom stereocenters. The van der Waals surface area contributed by atoms with Gasteiger partial charge in [-0.2, -0.15) is 0 Å². The summed E-state index contributed by atoms with van der Waals surface area (Å²) < 4.78 is 6.16.